The van der Waals surface area contributed by atoms with Gasteiger partial charge in [0, 0.05) is 24.1 Å². The van der Waals surface area contributed by atoms with Crippen LogP contribution >= 0.6 is 11.8 Å². The Hall–Kier alpha value is -1.81. The molecular weight excluding hydrogens is 268 g/mol. The fraction of sp³-hybridized carbons (Fsp3) is 0.250. The van der Waals surface area contributed by atoms with Gasteiger partial charge in [-0.15, -0.1) is 11.8 Å². The van der Waals surface area contributed by atoms with Crippen molar-refractivity contribution in [1.82, 2.24) is 4.98 Å². The number of carbonyl (C=O) groups is 1. The van der Waals surface area contributed by atoms with Gasteiger partial charge in [0.25, 0.3) is 0 Å². The molecule has 0 aliphatic rings. The van der Waals surface area contributed by atoms with Crippen LogP contribution in [0.4, 0.5) is 5.69 Å². The van der Waals surface area contributed by atoms with Crippen molar-refractivity contribution < 1.29 is 4.79 Å². The molecular formula is C16H18N2OS. The second-order valence-electron chi connectivity index (χ2n) is 4.56. The maximum absolute atomic E-state index is 11.9. The van der Waals surface area contributed by atoms with Crippen molar-refractivity contribution in [2.75, 3.05) is 11.1 Å². The van der Waals surface area contributed by atoms with Crippen LogP contribution in [0.15, 0.2) is 47.6 Å². The average molecular weight is 286 g/mol. The smallest absolute Gasteiger partial charge is 0.225 e. The van der Waals surface area contributed by atoms with Gasteiger partial charge in [0.15, 0.2) is 0 Å². The van der Waals surface area contributed by atoms with Crippen LogP contribution in [0.25, 0.3) is 0 Å². The Bertz CT molecular complexity index is 584. The number of rotatable bonds is 5. The van der Waals surface area contributed by atoms with E-state index in [1.54, 1.807) is 18.0 Å². The molecule has 2 aromatic rings. The van der Waals surface area contributed by atoms with Crippen LogP contribution in [0.1, 0.15) is 17.5 Å². The minimum atomic E-state index is 0.0436. The average Bonchev–Trinajstić information content (AvgIpc) is 2.45. The molecule has 0 aliphatic carbocycles. The topological polar surface area (TPSA) is 42.0 Å². The first kappa shape index (κ1) is 14.6. The normalized spacial score (nSPS) is 10.3. The molecule has 1 amide bonds. The molecule has 3 nitrogen and oxygen atoms in total. The third kappa shape index (κ3) is 4.10. The van der Waals surface area contributed by atoms with Gasteiger partial charge in [-0.05, 0) is 43.2 Å². The van der Waals surface area contributed by atoms with Crippen LogP contribution in [0, 0.1) is 13.8 Å². The van der Waals surface area contributed by atoms with Crippen molar-refractivity contribution >= 4 is 23.4 Å². The van der Waals surface area contributed by atoms with E-state index in [1.165, 1.54) is 5.56 Å². The second kappa shape index (κ2) is 7.10. The lowest BCUT2D eigenvalue weighted by Crippen LogP contribution is -2.13. The lowest BCUT2D eigenvalue weighted by molar-refractivity contribution is -0.115. The summed E-state index contributed by atoms with van der Waals surface area (Å²) in [6, 6.07) is 11.7. The van der Waals surface area contributed by atoms with E-state index in [1.807, 2.05) is 50.2 Å². The van der Waals surface area contributed by atoms with Crippen molar-refractivity contribution in [2.45, 2.75) is 25.3 Å². The van der Waals surface area contributed by atoms with E-state index >= 15 is 0 Å². The number of hydrogen-bond donors (Lipinski definition) is 1. The summed E-state index contributed by atoms with van der Waals surface area (Å²) in [5, 5.41) is 3.92. The number of carbonyl (C=O) groups excluding carboxylic acids is 1. The van der Waals surface area contributed by atoms with Crippen molar-refractivity contribution in [3.63, 3.8) is 0 Å². The van der Waals surface area contributed by atoms with Gasteiger partial charge in [-0.1, -0.05) is 18.2 Å². The molecule has 0 unspecified atom stereocenters. The Balaban J connectivity index is 1.82. The highest BCUT2D eigenvalue weighted by atomic mass is 32.2. The molecule has 0 fully saturated rings. The molecule has 104 valence electrons. The second-order valence-corrected chi connectivity index (χ2v) is 5.68. The SMILES string of the molecule is Cc1cccc(NC(=O)CCSc2ccccn2)c1C. The number of amides is 1. The maximum Gasteiger partial charge on any atom is 0.225 e. The quantitative estimate of drug-likeness (QED) is 0.850. The molecule has 0 spiro atoms. The molecule has 0 saturated carbocycles. The van der Waals surface area contributed by atoms with Gasteiger partial charge >= 0.3 is 0 Å². The van der Waals surface area contributed by atoms with Gasteiger partial charge in [-0.25, -0.2) is 4.98 Å². The van der Waals surface area contributed by atoms with Crippen LogP contribution in [-0.2, 0) is 4.79 Å². The Morgan fingerprint density at radius 1 is 1.20 bits per heavy atom. The van der Waals surface area contributed by atoms with Crippen LogP contribution in [0.5, 0.6) is 0 Å². The van der Waals surface area contributed by atoms with Gasteiger partial charge in [0.1, 0.15) is 0 Å². The van der Waals surface area contributed by atoms with Gasteiger partial charge < -0.3 is 5.32 Å². The summed E-state index contributed by atoms with van der Waals surface area (Å²) in [5.41, 5.74) is 3.21. The van der Waals surface area contributed by atoms with Crippen LogP contribution < -0.4 is 5.32 Å². The minimum Gasteiger partial charge on any atom is -0.326 e. The van der Waals surface area contributed by atoms with Crippen molar-refractivity contribution in [3.8, 4) is 0 Å². The summed E-state index contributed by atoms with van der Waals surface area (Å²) in [6.07, 6.45) is 2.24. The van der Waals surface area contributed by atoms with Gasteiger partial charge in [-0.3, -0.25) is 4.79 Å². The summed E-state index contributed by atoms with van der Waals surface area (Å²) in [5.74, 6) is 0.774. The third-order valence-electron chi connectivity index (χ3n) is 3.10. The van der Waals surface area contributed by atoms with Crippen LogP contribution in [0.3, 0.4) is 0 Å². The van der Waals surface area contributed by atoms with E-state index in [0.717, 1.165) is 22.0 Å². The number of aromatic nitrogens is 1. The number of aryl methyl sites for hydroxylation is 1. The largest absolute Gasteiger partial charge is 0.326 e. The van der Waals surface area contributed by atoms with Gasteiger partial charge in [0.05, 0.1) is 5.03 Å². The number of benzene rings is 1. The molecule has 1 aromatic carbocycles. The van der Waals surface area contributed by atoms with Crippen LogP contribution in [-0.4, -0.2) is 16.6 Å². The minimum absolute atomic E-state index is 0.0436. The highest BCUT2D eigenvalue weighted by Gasteiger charge is 2.06. The third-order valence-corrected chi connectivity index (χ3v) is 4.04. The van der Waals surface area contributed by atoms with Gasteiger partial charge in [0.2, 0.25) is 5.91 Å². The monoisotopic (exact) mass is 286 g/mol. The van der Waals surface area contributed by atoms with Gasteiger partial charge in [-0.2, -0.15) is 0 Å². The predicted molar refractivity (Wildman–Crippen MR) is 84.1 cm³/mol. The number of thioether (sulfide) groups is 1. The zero-order chi connectivity index (χ0) is 14.4. The zero-order valence-corrected chi connectivity index (χ0v) is 12.5. The molecule has 0 saturated heterocycles. The van der Waals surface area contributed by atoms with Crippen molar-refractivity contribution in [3.05, 3.63) is 53.7 Å². The van der Waals surface area contributed by atoms with E-state index in [-0.39, 0.29) is 5.91 Å². The molecule has 0 aliphatic heterocycles. The molecule has 2 rings (SSSR count). The molecule has 4 heteroatoms. The summed E-state index contributed by atoms with van der Waals surface area (Å²) in [6.45, 7) is 4.06. The first-order valence-electron chi connectivity index (χ1n) is 6.56. The molecule has 1 N–H and O–H groups in total. The number of hydrogen-bond acceptors (Lipinski definition) is 3. The fourth-order valence-electron chi connectivity index (χ4n) is 1.78. The van der Waals surface area contributed by atoms with Crippen LogP contribution in [0.2, 0.25) is 0 Å². The molecule has 1 aromatic heterocycles. The van der Waals surface area contributed by atoms with E-state index in [2.05, 4.69) is 10.3 Å². The Morgan fingerprint density at radius 2 is 2.05 bits per heavy atom. The molecule has 20 heavy (non-hydrogen) atoms. The first-order chi connectivity index (χ1) is 9.66. The number of nitrogens with one attached hydrogen (secondary N) is 1. The number of nitrogens with zero attached hydrogens (tertiary/aromatic N) is 1. The Morgan fingerprint density at radius 3 is 2.80 bits per heavy atom. The van der Waals surface area contributed by atoms with E-state index < -0.39 is 0 Å². The standard InChI is InChI=1S/C16H18N2OS/c1-12-6-5-7-14(13(12)2)18-15(19)9-11-20-16-8-3-4-10-17-16/h3-8,10H,9,11H2,1-2H3,(H,18,19). The number of anilines is 1. The predicted octanol–water partition coefficient (Wildman–Crippen LogP) is 3.82. The number of pyridine rings is 1. The maximum atomic E-state index is 11.9. The van der Waals surface area contributed by atoms with E-state index in [0.29, 0.717) is 6.42 Å². The molecule has 0 bridgehead atoms. The van der Waals surface area contributed by atoms with Crippen molar-refractivity contribution in [2.24, 2.45) is 0 Å². The highest BCUT2D eigenvalue weighted by Crippen LogP contribution is 2.19. The van der Waals surface area contributed by atoms with Crippen molar-refractivity contribution in [1.29, 1.82) is 0 Å². The van der Waals surface area contributed by atoms with E-state index in [9.17, 15) is 4.79 Å². The highest BCUT2D eigenvalue weighted by molar-refractivity contribution is 7.99. The molecule has 0 radical (unpaired) electrons. The Labute approximate surface area is 123 Å². The lowest BCUT2D eigenvalue weighted by atomic mass is 10.1. The molecule has 1 heterocycles. The zero-order valence-electron chi connectivity index (χ0n) is 11.7. The summed E-state index contributed by atoms with van der Waals surface area (Å²) in [4.78, 5) is 16.1. The summed E-state index contributed by atoms with van der Waals surface area (Å²) >= 11 is 1.59. The lowest BCUT2D eigenvalue weighted by Gasteiger charge is -2.10. The Kier molecular flexibility index (Phi) is 5.18. The summed E-state index contributed by atoms with van der Waals surface area (Å²) < 4.78 is 0. The summed E-state index contributed by atoms with van der Waals surface area (Å²) in [7, 11) is 0. The van der Waals surface area contributed by atoms with E-state index in [4.69, 9.17) is 0 Å². The fourth-order valence-corrected chi connectivity index (χ4v) is 2.59. The first-order valence-corrected chi connectivity index (χ1v) is 7.55. The molecule has 0 atom stereocenters.